The first-order valence-corrected chi connectivity index (χ1v) is 12.9. The van der Waals surface area contributed by atoms with Crippen LogP contribution in [0, 0.1) is 0 Å². The average Bonchev–Trinajstić information content (AvgIpc) is 3.73. The van der Waals surface area contributed by atoms with Gasteiger partial charge in [-0.3, -0.25) is 9.78 Å². The number of aliphatic hydroxyl groups excluding tert-OH is 1. The molecule has 2 aromatic carbocycles. The molecular weight excluding hydrogens is 498 g/mol. The summed E-state index contributed by atoms with van der Waals surface area (Å²) in [5.74, 6) is -2.24. The summed E-state index contributed by atoms with van der Waals surface area (Å²) < 4.78 is 1.91. The number of rotatable bonds is 5. The Bertz CT molecular complexity index is 1600. The van der Waals surface area contributed by atoms with E-state index in [2.05, 4.69) is 29.2 Å². The number of aliphatic carboxylic acids is 2. The molecule has 2 fully saturated rings. The molecule has 0 radical (unpaired) electrons. The molecule has 0 amide bonds. The second kappa shape index (κ2) is 11.1. The molecule has 2 unspecified atom stereocenters. The summed E-state index contributed by atoms with van der Waals surface area (Å²) in [5, 5.41) is 28.4. The van der Waals surface area contributed by atoms with E-state index in [-0.39, 0.29) is 23.6 Å². The van der Waals surface area contributed by atoms with Gasteiger partial charge in [-0.2, -0.15) is 0 Å². The third-order valence-electron chi connectivity index (χ3n) is 7.23. The van der Waals surface area contributed by atoms with Gasteiger partial charge in [-0.05, 0) is 48.9 Å². The summed E-state index contributed by atoms with van der Waals surface area (Å²) in [6, 6.07) is 20.7. The Balaban J connectivity index is 0.000000339. The molecule has 1 saturated carbocycles. The van der Waals surface area contributed by atoms with Crippen LogP contribution in [0.2, 0.25) is 0 Å². The van der Waals surface area contributed by atoms with E-state index in [0.29, 0.717) is 12.2 Å². The SMILES string of the molecule is O=C(O)C=CC(=O)O.O=c1c2c(N3CCC(O)CC3)cccc2ccn1C1CC1c1ccc2ccccc2n1. The number of hydrogen-bond acceptors (Lipinski definition) is 6. The number of aromatic nitrogens is 2. The summed E-state index contributed by atoms with van der Waals surface area (Å²) in [4.78, 5) is 39.8. The van der Waals surface area contributed by atoms with E-state index >= 15 is 0 Å². The monoisotopic (exact) mass is 527 g/mol. The third kappa shape index (κ3) is 5.83. The van der Waals surface area contributed by atoms with Crippen molar-refractivity contribution in [3.63, 3.8) is 0 Å². The van der Waals surface area contributed by atoms with Crippen molar-refractivity contribution >= 4 is 39.3 Å². The number of benzene rings is 2. The number of fused-ring (bicyclic) bond motifs is 2. The van der Waals surface area contributed by atoms with Gasteiger partial charge in [-0.15, -0.1) is 0 Å². The van der Waals surface area contributed by atoms with Gasteiger partial charge in [0.15, 0.2) is 0 Å². The normalized spacial score (nSPS) is 19.2. The van der Waals surface area contributed by atoms with Gasteiger partial charge < -0.3 is 24.8 Å². The smallest absolute Gasteiger partial charge is 0.328 e. The number of carbonyl (C=O) groups is 2. The summed E-state index contributed by atoms with van der Waals surface area (Å²) in [7, 11) is 0. The number of anilines is 1. The minimum Gasteiger partial charge on any atom is -0.478 e. The van der Waals surface area contributed by atoms with Gasteiger partial charge in [0.25, 0.3) is 5.56 Å². The minimum atomic E-state index is -1.26. The van der Waals surface area contributed by atoms with E-state index in [0.717, 1.165) is 65.4 Å². The van der Waals surface area contributed by atoms with Crippen molar-refractivity contribution < 1.29 is 24.9 Å². The minimum absolute atomic E-state index is 0.0764. The van der Waals surface area contributed by atoms with E-state index in [1.165, 1.54) is 0 Å². The van der Waals surface area contributed by atoms with Gasteiger partial charge in [0.2, 0.25) is 0 Å². The zero-order chi connectivity index (χ0) is 27.5. The Labute approximate surface area is 224 Å². The summed E-state index contributed by atoms with van der Waals surface area (Å²) >= 11 is 0. The first-order chi connectivity index (χ1) is 18.8. The molecule has 0 bridgehead atoms. The fourth-order valence-corrected chi connectivity index (χ4v) is 5.16. The Morgan fingerprint density at radius 3 is 2.28 bits per heavy atom. The first kappa shape index (κ1) is 26.1. The maximum absolute atomic E-state index is 13.6. The van der Waals surface area contributed by atoms with Crippen LogP contribution in [-0.4, -0.2) is 56.0 Å². The molecule has 1 saturated heterocycles. The molecule has 3 N–H and O–H groups in total. The van der Waals surface area contributed by atoms with Gasteiger partial charge in [-0.1, -0.05) is 36.4 Å². The summed E-state index contributed by atoms with van der Waals surface area (Å²) in [6.07, 6.45) is 5.26. The predicted molar refractivity (Wildman–Crippen MR) is 148 cm³/mol. The number of carboxylic acids is 2. The van der Waals surface area contributed by atoms with Gasteiger partial charge in [0.05, 0.1) is 22.7 Å². The van der Waals surface area contributed by atoms with Gasteiger partial charge in [0, 0.05) is 54.5 Å². The predicted octanol–water partition coefficient (Wildman–Crippen LogP) is 3.95. The van der Waals surface area contributed by atoms with E-state index in [4.69, 9.17) is 15.2 Å². The molecule has 2 aliphatic rings. The summed E-state index contributed by atoms with van der Waals surface area (Å²) in [5.41, 5.74) is 3.14. The largest absolute Gasteiger partial charge is 0.478 e. The number of nitrogens with zero attached hydrogens (tertiary/aromatic N) is 3. The third-order valence-corrected chi connectivity index (χ3v) is 7.23. The highest BCUT2D eigenvalue weighted by Gasteiger charge is 2.42. The van der Waals surface area contributed by atoms with Crippen LogP contribution in [0.15, 0.2) is 83.8 Å². The molecule has 9 nitrogen and oxygen atoms in total. The summed E-state index contributed by atoms with van der Waals surface area (Å²) in [6.45, 7) is 1.56. The van der Waals surface area contributed by atoms with Crippen LogP contribution in [-0.2, 0) is 9.59 Å². The molecular formula is C30H29N3O6. The number of pyridine rings is 2. The molecule has 1 aliphatic carbocycles. The number of carboxylic acid groups (broad SMARTS) is 2. The molecule has 3 heterocycles. The van der Waals surface area contributed by atoms with Crippen LogP contribution in [0.4, 0.5) is 5.69 Å². The van der Waals surface area contributed by atoms with Crippen molar-refractivity contribution in [3.8, 4) is 0 Å². The van der Waals surface area contributed by atoms with E-state index in [1.807, 2.05) is 47.2 Å². The number of aliphatic hydroxyl groups is 1. The fraction of sp³-hybridized carbons (Fsp3) is 0.267. The van der Waals surface area contributed by atoms with Crippen LogP contribution >= 0.6 is 0 Å². The second-order valence-electron chi connectivity index (χ2n) is 9.84. The van der Waals surface area contributed by atoms with Crippen molar-refractivity contribution in [2.75, 3.05) is 18.0 Å². The lowest BCUT2D eigenvalue weighted by molar-refractivity contribution is -0.134. The average molecular weight is 528 g/mol. The Morgan fingerprint density at radius 2 is 1.56 bits per heavy atom. The number of hydrogen-bond donors (Lipinski definition) is 3. The molecule has 39 heavy (non-hydrogen) atoms. The van der Waals surface area contributed by atoms with Crippen LogP contribution < -0.4 is 10.5 Å². The van der Waals surface area contributed by atoms with Crippen molar-refractivity contribution in [2.45, 2.75) is 37.3 Å². The Kier molecular flexibility index (Phi) is 7.42. The number of piperidine rings is 1. The second-order valence-corrected chi connectivity index (χ2v) is 9.84. The Hall–Kier alpha value is -4.50. The molecule has 2 atom stereocenters. The zero-order valence-corrected chi connectivity index (χ0v) is 21.2. The van der Waals surface area contributed by atoms with E-state index in [1.54, 1.807) is 0 Å². The molecule has 0 spiro atoms. The van der Waals surface area contributed by atoms with Crippen LogP contribution in [0.3, 0.4) is 0 Å². The van der Waals surface area contributed by atoms with Gasteiger partial charge in [-0.25, -0.2) is 9.59 Å². The van der Waals surface area contributed by atoms with Crippen LogP contribution in [0.25, 0.3) is 21.7 Å². The quantitative estimate of drug-likeness (QED) is 0.332. The topological polar surface area (TPSA) is 133 Å². The van der Waals surface area contributed by atoms with E-state index < -0.39 is 11.9 Å². The van der Waals surface area contributed by atoms with Crippen molar-refractivity contribution in [1.29, 1.82) is 0 Å². The molecule has 6 rings (SSSR count). The lowest BCUT2D eigenvalue weighted by Gasteiger charge is -2.32. The molecule has 9 heteroatoms. The van der Waals surface area contributed by atoms with Crippen molar-refractivity contribution in [1.82, 2.24) is 9.55 Å². The van der Waals surface area contributed by atoms with Gasteiger partial charge in [0.1, 0.15) is 0 Å². The molecule has 4 aromatic rings. The maximum Gasteiger partial charge on any atom is 0.328 e. The lowest BCUT2D eigenvalue weighted by atomic mass is 10.0. The first-order valence-electron chi connectivity index (χ1n) is 12.9. The molecule has 200 valence electrons. The highest BCUT2D eigenvalue weighted by atomic mass is 16.4. The number of para-hydroxylation sites is 1. The highest BCUT2D eigenvalue weighted by molar-refractivity contribution is 5.93. The molecule has 1 aliphatic heterocycles. The van der Waals surface area contributed by atoms with Crippen LogP contribution in [0.5, 0.6) is 0 Å². The fourth-order valence-electron chi connectivity index (χ4n) is 5.16. The van der Waals surface area contributed by atoms with Gasteiger partial charge >= 0.3 is 11.9 Å². The van der Waals surface area contributed by atoms with Crippen molar-refractivity contribution in [3.05, 3.63) is 95.1 Å². The van der Waals surface area contributed by atoms with Crippen LogP contribution in [0.1, 0.15) is 36.9 Å². The van der Waals surface area contributed by atoms with Crippen molar-refractivity contribution in [2.24, 2.45) is 0 Å². The zero-order valence-electron chi connectivity index (χ0n) is 21.2. The highest BCUT2D eigenvalue weighted by Crippen LogP contribution is 2.50. The standard InChI is InChI=1S/C26H25N3O2.C4H4O4/c30-19-11-13-28(14-12-19)23-7-3-5-18-10-15-29(26(31)25(18)23)24-16-20(24)22-9-8-17-4-1-2-6-21(17)27-22;5-3(6)1-2-4(7)8/h1-10,15,19-20,24,30H,11-14,16H2;1-2H,(H,5,6)(H,7,8). The Morgan fingerprint density at radius 1 is 0.872 bits per heavy atom. The molecule has 2 aromatic heterocycles. The lowest BCUT2D eigenvalue weighted by Crippen LogP contribution is -2.36. The van der Waals surface area contributed by atoms with E-state index in [9.17, 15) is 19.5 Å². The maximum atomic E-state index is 13.6.